The Morgan fingerprint density at radius 1 is 0.846 bits per heavy atom. The quantitative estimate of drug-likeness (QED) is 0.265. The normalized spacial score (nSPS) is 14.4. The van der Waals surface area contributed by atoms with Crippen molar-refractivity contribution in [3.8, 4) is 22.9 Å². The zero-order chi connectivity index (χ0) is 26.6. The highest BCUT2D eigenvalue weighted by atomic mass is 16.5. The minimum Gasteiger partial charge on any atom is -0.493 e. The molecule has 0 spiro atoms. The molecule has 0 atom stereocenters. The first-order chi connectivity index (χ1) is 19.2. The van der Waals surface area contributed by atoms with Crippen molar-refractivity contribution in [2.45, 2.75) is 25.4 Å². The number of benzene rings is 3. The Morgan fingerprint density at radius 2 is 1.56 bits per heavy atom. The van der Waals surface area contributed by atoms with Crippen LogP contribution in [0.25, 0.3) is 22.4 Å². The van der Waals surface area contributed by atoms with E-state index in [2.05, 4.69) is 45.2 Å². The van der Waals surface area contributed by atoms with Gasteiger partial charge in [0.1, 0.15) is 5.82 Å². The maximum atomic E-state index is 5.51. The van der Waals surface area contributed by atoms with Crippen LogP contribution in [-0.2, 0) is 6.54 Å². The van der Waals surface area contributed by atoms with Crippen LogP contribution in [0, 0.1) is 0 Å². The molecule has 8 nitrogen and oxygen atoms in total. The summed E-state index contributed by atoms with van der Waals surface area (Å²) < 4.78 is 13.0. The average Bonchev–Trinajstić information content (AvgIpc) is 3.43. The van der Waals surface area contributed by atoms with Crippen LogP contribution in [-0.4, -0.2) is 52.0 Å². The lowest BCUT2D eigenvalue weighted by Gasteiger charge is -2.32. The van der Waals surface area contributed by atoms with Gasteiger partial charge in [-0.1, -0.05) is 60.7 Å². The van der Waals surface area contributed by atoms with Crippen LogP contribution in [0.1, 0.15) is 24.4 Å². The molecule has 1 aliphatic rings. The maximum absolute atomic E-state index is 5.51. The maximum Gasteiger partial charge on any atom is 0.164 e. The molecule has 3 heterocycles. The highest BCUT2D eigenvalue weighted by molar-refractivity contribution is 5.90. The predicted molar refractivity (Wildman–Crippen MR) is 154 cm³/mol. The molecule has 1 fully saturated rings. The van der Waals surface area contributed by atoms with Crippen molar-refractivity contribution in [3.63, 3.8) is 0 Å². The summed E-state index contributed by atoms with van der Waals surface area (Å²) in [5.74, 6) is 2.69. The Bertz CT molecular complexity index is 1550. The van der Waals surface area contributed by atoms with E-state index in [1.54, 1.807) is 14.2 Å². The number of hydrogen-bond donors (Lipinski definition) is 1. The predicted octanol–water partition coefficient (Wildman–Crippen LogP) is 6.09. The highest BCUT2D eigenvalue weighted by Crippen LogP contribution is 2.34. The average molecular weight is 521 g/mol. The largest absolute Gasteiger partial charge is 0.493 e. The third-order valence-corrected chi connectivity index (χ3v) is 7.28. The van der Waals surface area contributed by atoms with Gasteiger partial charge in [-0.15, -0.1) is 0 Å². The molecule has 5 aromatic rings. The van der Waals surface area contributed by atoms with Crippen molar-refractivity contribution in [1.29, 1.82) is 0 Å². The van der Waals surface area contributed by atoms with Gasteiger partial charge < -0.3 is 14.8 Å². The number of fused-ring (bicyclic) bond motifs is 1. The minimum atomic E-state index is 0.280. The topological polar surface area (TPSA) is 77.3 Å². The van der Waals surface area contributed by atoms with Crippen LogP contribution in [0.15, 0.2) is 85.1 Å². The van der Waals surface area contributed by atoms with E-state index in [1.807, 2.05) is 54.7 Å². The summed E-state index contributed by atoms with van der Waals surface area (Å²) >= 11 is 0. The molecule has 39 heavy (non-hydrogen) atoms. The van der Waals surface area contributed by atoms with Crippen molar-refractivity contribution in [2.75, 3.05) is 32.6 Å². The Morgan fingerprint density at radius 3 is 2.28 bits per heavy atom. The summed E-state index contributed by atoms with van der Waals surface area (Å²) in [6, 6.07) is 26.8. The SMILES string of the molecule is COc1ccc(Nc2nc(-c3ccccc3)nc3c2cnn3C2CCN(Cc3ccccc3)CC2)cc1OC. The summed E-state index contributed by atoms with van der Waals surface area (Å²) in [6.07, 6.45) is 3.92. The van der Waals surface area contributed by atoms with E-state index in [1.165, 1.54) is 5.56 Å². The van der Waals surface area contributed by atoms with Gasteiger partial charge in [0, 0.05) is 37.0 Å². The first-order valence-corrected chi connectivity index (χ1v) is 13.3. The van der Waals surface area contributed by atoms with Crippen LogP contribution in [0.3, 0.4) is 0 Å². The Balaban J connectivity index is 1.32. The molecule has 3 aromatic carbocycles. The summed E-state index contributed by atoms with van der Waals surface area (Å²) in [5, 5.41) is 9.21. The van der Waals surface area contributed by atoms with Crippen LogP contribution >= 0.6 is 0 Å². The van der Waals surface area contributed by atoms with Crippen molar-refractivity contribution in [1.82, 2.24) is 24.6 Å². The van der Waals surface area contributed by atoms with Crippen LogP contribution in [0.2, 0.25) is 0 Å². The lowest BCUT2D eigenvalue weighted by Crippen LogP contribution is -2.34. The number of nitrogens with zero attached hydrogens (tertiary/aromatic N) is 5. The van der Waals surface area contributed by atoms with Crippen molar-refractivity contribution in [2.24, 2.45) is 0 Å². The minimum absolute atomic E-state index is 0.280. The third kappa shape index (κ3) is 5.28. The van der Waals surface area contributed by atoms with Gasteiger partial charge >= 0.3 is 0 Å². The Labute approximate surface area is 228 Å². The fraction of sp³-hybridized carbons (Fsp3) is 0.258. The number of anilines is 2. The number of methoxy groups -OCH3 is 2. The number of nitrogens with one attached hydrogen (secondary N) is 1. The van der Waals surface area contributed by atoms with Crippen LogP contribution < -0.4 is 14.8 Å². The number of rotatable bonds is 8. The summed E-state index contributed by atoms with van der Waals surface area (Å²) in [4.78, 5) is 12.5. The van der Waals surface area contributed by atoms with Gasteiger partial charge in [-0.05, 0) is 30.5 Å². The van der Waals surface area contributed by atoms with Crippen LogP contribution in [0.4, 0.5) is 11.5 Å². The molecule has 6 rings (SSSR count). The summed E-state index contributed by atoms with van der Waals surface area (Å²) in [7, 11) is 3.26. The van der Waals surface area contributed by atoms with E-state index >= 15 is 0 Å². The number of ether oxygens (including phenoxy) is 2. The van der Waals surface area contributed by atoms with E-state index < -0.39 is 0 Å². The van der Waals surface area contributed by atoms with Gasteiger partial charge in [0.25, 0.3) is 0 Å². The van der Waals surface area contributed by atoms with Gasteiger partial charge in [-0.3, -0.25) is 4.90 Å². The van der Waals surface area contributed by atoms with E-state index in [0.717, 1.165) is 54.8 Å². The fourth-order valence-electron chi connectivity index (χ4n) is 5.22. The lowest BCUT2D eigenvalue weighted by molar-refractivity contribution is 0.175. The first kappa shape index (κ1) is 24.9. The van der Waals surface area contributed by atoms with Crippen molar-refractivity contribution >= 4 is 22.5 Å². The van der Waals surface area contributed by atoms with Gasteiger partial charge in [-0.25, -0.2) is 14.6 Å². The molecule has 1 saturated heterocycles. The lowest BCUT2D eigenvalue weighted by atomic mass is 10.0. The van der Waals surface area contributed by atoms with E-state index in [-0.39, 0.29) is 6.04 Å². The molecule has 1 N–H and O–H groups in total. The molecule has 0 unspecified atom stereocenters. The molecule has 0 amide bonds. The van der Waals surface area contributed by atoms with Crippen LogP contribution in [0.5, 0.6) is 11.5 Å². The Hall–Kier alpha value is -4.43. The molecule has 2 aromatic heterocycles. The number of hydrogen-bond acceptors (Lipinski definition) is 7. The molecule has 0 saturated carbocycles. The van der Waals surface area contributed by atoms with E-state index in [0.29, 0.717) is 23.1 Å². The summed E-state index contributed by atoms with van der Waals surface area (Å²) in [6.45, 7) is 3.02. The smallest absolute Gasteiger partial charge is 0.164 e. The Kier molecular flexibility index (Phi) is 7.10. The van der Waals surface area contributed by atoms with Gasteiger partial charge in [0.15, 0.2) is 23.0 Å². The number of likely N-dealkylation sites (tertiary alicyclic amines) is 1. The first-order valence-electron chi connectivity index (χ1n) is 13.3. The molecular formula is C31H32N6O2. The summed E-state index contributed by atoms with van der Waals surface area (Å²) in [5.41, 5.74) is 3.99. The van der Waals surface area contributed by atoms with Crippen molar-refractivity contribution < 1.29 is 9.47 Å². The standard InChI is InChI=1S/C31H32N6O2/c1-38-27-14-13-24(19-28(27)39-2)33-30-26-20-32-37(31(26)35-29(34-30)23-11-7-4-8-12-23)25-15-17-36(18-16-25)21-22-9-5-3-6-10-22/h3-14,19-20,25H,15-18,21H2,1-2H3,(H,33,34,35). The molecule has 0 radical (unpaired) electrons. The number of piperidine rings is 1. The molecule has 0 bridgehead atoms. The molecule has 8 heteroatoms. The van der Waals surface area contributed by atoms with Gasteiger partial charge in [0.2, 0.25) is 0 Å². The molecule has 0 aliphatic carbocycles. The fourth-order valence-corrected chi connectivity index (χ4v) is 5.22. The molecular weight excluding hydrogens is 488 g/mol. The van der Waals surface area contributed by atoms with E-state index in [4.69, 9.17) is 24.5 Å². The van der Waals surface area contributed by atoms with Gasteiger partial charge in [0.05, 0.1) is 31.8 Å². The zero-order valence-corrected chi connectivity index (χ0v) is 22.2. The van der Waals surface area contributed by atoms with Crippen molar-refractivity contribution in [3.05, 3.63) is 90.6 Å². The second kappa shape index (κ2) is 11.1. The third-order valence-electron chi connectivity index (χ3n) is 7.28. The molecule has 1 aliphatic heterocycles. The highest BCUT2D eigenvalue weighted by Gasteiger charge is 2.24. The second-order valence-corrected chi connectivity index (χ2v) is 9.78. The zero-order valence-electron chi connectivity index (χ0n) is 22.2. The van der Waals surface area contributed by atoms with E-state index in [9.17, 15) is 0 Å². The molecule has 198 valence electrons. The van der Waals surface area contributed by atoms with Gasteiger partial charge in [-0.2, -0.15) is 5.10 Å². The second-order valence-electron chi connectivity index (χ2n) is 9.78. The number of aromatic nitrogens is 4. The monoisotopic (exact) mass is 520 g/mol.